The number of H-pyrrole nitrogens is 1. The lowest BCUT2D eigenvalue weighted by atomic mass is 10.3. The fourth-order valence-corrected chi connectivity index (χ4v) is 3.04. The SMILES string of the molecule is CCc1nc[nH]c1CSCCNc1nsnc1NC. The van der Waals surface area contributed by atoms with Crippen molar-refractivity contribution in [3.05, 3.63) is 17.7 Å². The number of thioether (sulfide) groups is 1. The Balaban J connectivity index is 1.67. The molecular weight excluding hydrogens is 280 g/mol. The van der Waals surface area contributed by atoms with Crippen molar-refractivity contribution in [3.8, 4) is 0 Å². The number of hydrogen-bond donors (Lipinski definition) is 3. The standard InChI is InChI=1S/C11H18N6S2/c1-3-8-9(15-7-14-8)6-18-5-4-13-11-10(12-2)16-19-17-11/h7H,3-6H2,1-2H3,(H,12,16)(H,13,17)(H,14,15). The van der Waals surface area contributed by atoms with Gasteiger partial charge in [0.05, 0.1) is 23.7 Å². The Bertz CT molecular complexity index is 451. The summed E-state index contributed by atoms with van der Waals surface area (Å²) in [5.41, 5.74) is 2.40. The van der Waals surface area contributed by atoms with Crippen molar-refractivity contribution < 1.29 is 0 Å². The van der Waals surface area contributed by atoms with Crippen LogP contribution >= 0.6 is 23.5 Å². The van der Waals surface area contributed by atoms with Crippen molar-refractivity contribution in [1.82, 2.24) is 18.7 Å². The van der Waals surface area contributed by atoms with Gasteiger partial charge in [-0.15, -0.1) is 0 Å². The fraction of sp³-hybridized carbons (Fsp3) is 0.545. The predicted molar refractivity (Wildman–Crippen MR) is 82.1 cm³/mol. The van der Waals surface area contributed by atoms with E-state index in [2.05, 4.69) is 36.3 Å². The number of anilines is 2. The second kappa shape index (κ2) is 7.34. The molecule has 0 aliphatic heterocycles. The molecule has 0 aliphatic carbocycles. The first-order valence-corrected chi connectivity index (χ1v) is 8.06. The van der Waals surface area contributed by atoms with Crippen LogP contribution in [0, 0.1) is 0 Å². The Kier molecular flexibility index (Phi) is 5.46. The lowest BCUT2D eigenvalue weighted by Crippen LogP contribution is -2.06. The van der Waals surface area contributed by atoms with Gasteiger partial charge in [-0.25, -0.2) is 4.98 Å². The van der Waals surface area contributed by atoms with E-state index in [0.29, 0.717) is 0 Å². The summed E-state index contributed by atoms with van der Waals surface area (Å²) in [6.07, 6.45) is 2.75. The molecule has 0 spiro atoms. The topological polar surface area (TPSA) is 78.5 Å². The number of imidazole rings is 1. The van der Waals surface area contributed by atoms with Crippen LogP contribution in [0.25, 0.3) is 0 Å². The summed E-state index contributed by atoms with van der Waals surface area (Å²) in [4.78, 5) is 7.48. The van der Waals surface area contributed by atoms with Crippen LogP contribution in [-0.4, -0.2) is 38.1 Å². The molecule has 0 unspecified atom stereocenters. The molecule has 0 bridgehead atoms. The molecule has 0 amide bonds. The molecule has 0 aromatic carbocycles. The molecule has 2 heterocycles. The molecule has 0 saturated heterocycles. The normalized spacial score (nSPS) is 10.6. The van der Waals surface area contributed by atoms with E-state index in [-0.39, 0.29) is 0 Å². The van der Waals surface area contributed by atoms with E-state index in [4.69, 9.17) is 0 Å². The molecule has 2 aromatic heterocycles. The van der Waals surface area contributed by atoms with Gasteiger partial charge >= 0.3 is 0 Å². The second-order valence-electron chi connectivity index (χ2n) is 3.87. The first kappa shape index (κ1) is 14.1. The highest BCUT2D eigenvalue weighted by atomic mass is 32.2. The van der Waals surface area contributed by atoms with Crippen LogP contribution in [0.5, 0.6) is 0 Å². The number of nitrogens with one attached hydrogen (secondary N) is 3. The zero-order valence-corrected chi connectivity index (χ0v) is 12.7. The van der Waals surface area contributed by atoms with Crippen molar-refractivity contribution in [2.75, 3.05) is 30.0 Å². The van der Waals surface area contributed by atoms with E-state index < -0.39 is 0 Å². The molecule has 0 fully saturated rings. The maximum atomic E-state index is 4.29. The van der Waals surface area contributed by atoms with E-state index in [9.17, 15) is 0 Å². The van der Waals surface area contributed by atoms with Gasteiger partial charge in [0, 0.05) is 30.8 Å². The summed E-state index contributed by atoms with van der Waals surface area (Å²) in [5.74, 6) is 3.64. The molecule has 3 N–H and O–H groups in total. The van der Waals surface area contributed by atoms with Crippen LogP contribution in [0.4, 0.5) is 11.6 Å². The van der Waals surface area contributed by atoms with Crippen LogP contribution in [0.2, 0.25) is 0 Å². The number of aromatic nitrogens is 4. The maximum absolute atomic E-state index is 4.29. The second-order valence-corrected chi connectivity index (χ2v) is 5.51. The third-order valence-electron chi connectivity index (χ3n) is 2.65. The van der Waals surface area contributed by atoms with Crippen molar-refractivity contribution in [3.63, 3.8) is 0 Å². The van der Waals surface area contributed by atoms with Crippen molar-refractivity contribution in [2.24, 2.45) is 0 Å². The molecule has 2 rings (SSSR count). The number of nitrogens with zero attached hydrogens (tertiary/aromatic N) is 3. The first-order valence-electron chi connectivity index (χ1n) is 6.18. The molecule has 0 aliphatic rings. The minimum atomic E-state index is 0.817. The zero-order valence-electron chi connectivity index (χ0n) is 11.1. The van der Waals surface area contributed by atoms with Gasteiger partial charge in [-0.3, -0.25) is 0 Å². The van der Waals surface area contributed by atoms with Gasteiger partial charge in [-0.1, -0.05) is 6.92 Å². The molecule has 19 heavy (non-hydrogen) atoms. The summed E-state index contributed by atoms with van der Waals surface area (Å²) in [6, 6.07) is 0. The molecule has 0 saturated carbocycles. The van der Waals surface area contributed by atoms with Gasteiger partial charge in [0.2, 0.25) is 0 Å². The summed E-state index contributed by atoms with van der Waals surface area (Å²) in [7, 11) is 1.85. The minimum Gasteiger partial charge on any atom is -0.369 e. The van der Waals surface area contributed by atoms with Crippen LogP contribution in [0.3, 0.4) is 0 Å². The molecule has 0 radical (unpaired) electrons. The van der Waals surface area contributed by atoms with Gasteiger partial charge in [0.25, 0.3) is 0 Å². The average Bonchev–Trinajstić information content (AvgIpc) is 3.06. The van der Waals surface area contributed by atoms with Crippen LogP contribution in [0.1, 0.15) is 18.3 Å². The highest BCUT2D eigenvalue weighted by Crippen LogP contribution is 2.18. The molecular formula is C11H18N6S2. The van der Waals surface area contributed by atoms with Crippen molar-refractivity contribution in [2.45, 2.75) is 19.1 Å². The van der Waals surface area contributed by atoms with Gasteiger partial charge in [0.15, 0.2) is 11.6 Å². The van der Waals surface area contributed by atoms with Gasteiger partial charge in [-0.2, -0.15) is 20.5 Å². The summed E-state index contributed by atoms with van der Waals surface area (Å²) in [6.45, 7) is 3.00. The Morgan fingerprint density at radius 2 is 2.21 bits per heavy atom. The third-order valence-corrected chi connectivity index (χ3v) is 4.17. The molecule has 2 aromatic rings. The Hall–Kier alpha value is -1.28. The van der Waals surface area contributed by atoms with Gasteiger partial charge in [-0.05, 0) is 6.42 Å². The zero-order chi connectivity index (χ0) is 13.5. The van der Waals surface area contributed by atoms with E-state index in [1.165, 1.54) is 23.1 Å². The van der Waals surface area contributed by atoms with Crippen LogP contribution < -0.4 is 10.6 Å². The van der Waals surface area contributed by atoms with E-state index >= 15 is 0 Å². The number of rotatable bonds is 8. The summed E-state index contributed by atoms with van der Waals surface area (Å²) >= 11 is 3.09. The van der Waals surface area contributed by atoms with E-state index in [1.807, 2.05) is 18.8 Å². The van der Waals surface area contributed by atoms with Crippen molar-refractivity contribution in [1.29, 1.82) is 0 Å². The predicted octanol–water partition coefficient (Wildman–Crippen LogP) is 2.21. The number of hydrogen-bond acceptors (Lipinski definition) is 7. The number of aryl methyl sites for hydroxylation is 1. The van der Waals surface area contributed by atoms with E-state index in [0.717, 1.165) is 36.1 Å². The van der Waals surface area contributed by atoms with E-state index in [1.54, 1.807) is 6.33 Å². The van der Waals surface area contributed by atoms with Gasteiger partial charge < -0.3 is 15.6 Å². The smallest absolute Gasteiger partial charge is 0.184 e. The highest BCUT2D eigenvalue weighted by molar-refractivity contribution is 7.98. The Morgan fingerprint density at radius 3 is 3.00 bits per heavy atom. The summed E-state index contributed by atoms with van der Waals surface area (Å²) < 4.78 is 8.33. The van der Waals surface area contributed by atoms with Crippen LogP contribution in [0.15, 0.2) is 6.33 Å². The average molecular weight is 298 g/mol. The lowest BCUT2D eigenvalue weighted by Gasteiger charge is -2.05. The maximum Gasteiger partial charge on any atom is 0.184 e. The van der Waals surface area contributed by atoms with Crippen LogP contribution in [-0.2, 0) is 12.2 Å². The Labute approximate surface area is 121 Å². The molecule has 104 valence electrons. The minimum absolute atomic E-state index is 0.817. The Morgan fingerprint density at radius 1 is 1.37 bits per heavy atom. The monoisotopic (exact) mass is 298 g/mol. The molecule has 6 nitrogen and oxygen atoms in total. The highest BCUT2D eigenvalue weighted by Gasteiger charge is 2.05. The fourth-order valence-electron chi connectivity index (χ4n) is 1.66. The van der Waals surface area contributed by atoms with Gasteiger partial charge in [0.1, 0.15) is 0 Å². The molecule has 0 atom stereocenters. The quantitative estimate of drug-likeness (QED) is 0.649. The van der Waals surface area contributed by atoms with Crippen molar-refractivity contribution >= 4 is 35.1 Å². The number of aromatic amines is 1. The third kappa shape index (κ3) is 3.84. The summed E-state index contributed by atoms with van der Waals surface area (Å²) in [5, 5.41) is 6.29. The first-order chi connectivity index (χ1) is 9.35. The largest absolute Gasteiger partial charge is 0.369 e. The lowest BCUT2D eigenvalue weighted by molar-refractivity contribution is 1.03. The molecule has 8 heteroatoms.